The second kappa shape index (κ2) is 7.05. The number of anilines is 1. The van der Waals surface area contributed by atoms with Gasteiger partial charge in [0, 0.05) is 18.3 Å². The topological polar surface area (TPSA) is 61.8 Å². The number of aryl methyl sites for hydroxylation is 2. The van der Waals surface area contributed by atoms with Crippen LogP contribution in [0.4, 0.5) is 10.5 Å². The van der Waals surface area contributed by atoms with Crippen LogP contribution in [0.25, 0.3) is 0 Å². The number of nitrogens with zero attached hydrogens (tertiary/aromatic N) is 1. The summed E-state index contributed by atoms with van der Waals surface area (Å²) in [6, 6.07) is 11.3. The zero-order valence-electron chi connectivity index (χ0n) is 14.9. The maximum Gasteiger partial charge on any atom is 0.322 e. The third-order valence-electron chi connectivity index (χ3n) is 4.60. The standard InChI is InChI=1S/C20H24N2O3/c1-13-4-6-16(10-14(13)2)21-20(24)22(17-7-8-17)12-15-5-9-18(23)19(11-15)25-3/h4-6,9-11,17,23H,7-8,12H2,1-3H3,(H,21,24). The summed E-state index contributed by atoms with van der Waals surface area (Å²) in [5.41, 5.74) is 4.09. The van der Waals surface area contributed by atoms with E-state index in [-0.39, 0.29) is 17.8 Å². The number of ether oxygens (including phenoxy) is 1. The quantitative estimate of drug-likeness (QED) is 0.857. The SMILES string of the molecule is COc1cc(CN(C(=O)Nc2ccc(C)c(C)c2)C2CC2)ccc1O. The van der Waals surface area contributed by atoms with Crippen molar-refractivity contribution in [1.82, 2.24) is 4.90 Å². The summed E-state index contributed by atoms with van der Waals surface area (Å²) in [7, 11) is 1.52. The Morgan fingerprint density at radius 3 is 2.60 bits per heavy atom. The molecule has 0 saturated heterocycles. The van der Waals surface area contributed by atoms with Gasteiger partial charge in [-0.05, 0) is 67.6 Å². The molecule has 1 fully saturated rings. The number of benzene rings is 2. The van der Waals surface area contributed by atoms with Crippen LogP contribution in [0.1, 0.15) is 29.5 Å². The number of carbonyl (C=O) groups is 1. The minimum Gasteiger partial charge on any atom is -0.504 e. The Labute approximate surface area is 148 Å². The van der Waals surface area contributed by atoms with Crippen LogP contribution in [0.3, 0.4) is 0 Å². The van der Waals surface area contributed by atoms with E-state index in [1.54, 1.807) is 12.1 Å². The number of rotatable bonds is 5. The Morgan fingerprint density at radius 1 is 1.20 bits per heavy atom. The van der Waals surface area contributed by atoms with Crippen molar-refractivity contribution in [2.45, 2.75) is 39.3 Å². The summed E-state index contributed by atoms with van der Waals surface area (Å²) >= 11 is 0. The van der Waals surface area contributed by atoms with Gasteiger partial charge in [-0.3, -0.25) is 0 Å². The molecular formula is C20H24N2O3. The van der Waals surface area contributed by atoms with Gasteiger partial charge in [0.2, 0.25) is 0 Å². The van der Waals surface area contributed by atoms with Crippen LogP contribution in [0.5, 0.6) is 11.5 Å². The number of hydrogen-bond donors (Lipinski definition) is 2. The fourth-order valence-corrected chi connectivity index (χ4v) is 2.78. The summed E-state index contributed by atoms with van der Waals surface area (Å²) in [4.78, 5) is 14.6. The van der Waals surface area contributed by atoms with Crippen LogP contribution in [0, 0.1) is 13.8 Å². The third-order valence-corrected chi connectivity index (χ3v) is 4.60. The summed E-state index contributed by atoms with van der Waals surface area (Å²) in [6.45, 7) is 4.57. The molecule has 0 spiro atoms. The molecule has 0 aromatic heterocycles. The first-order valence-corrected chi connectivity index (χ1v) is 8.48. The van der Waals surface area contributed by atoms with Gasteiger partial charge in [-0.1, -0.05) is 12.1 Å². The minimum atomic E-state index is -0.0993. The maximum absolute atomic E-state index is 12.8. The lowest BCUT2D eigenvalue weighted by atomic mass is 10.1. The lowest BCUT2D eigenvalue weighted by Gasteiger charge is -2.23. The highest BCUT2D eigenvalue weighted by molar-refractivity contribution is 5.89. The van der Waals surface area contributed by atoms with Gasteiger partial charge in [0.05, 0.1) is 7.11 Å². The second-order valence-electron chi connectivity index (χ2n) is 6.59. The number of aromatic hydroxyl groups is 1. The smallest absolute Gasteiger partial charge is 0.322 e. The summed E-state index contributed by atoms with van der Waals surface area (Å²) < 4.78 is 5.15. The van der Waals surface area contributed by atoms with Gasteiger partial charge >= 0.3 is 6.03 Å². The molecule has 0 atom stereocenters. The molecule has 2 aromatic rings. The number of methoxy groups -OCH3 is 1. The first kappa shape index (κ1) is 17.1. The molecule has 0 bridgehead atoms. The first-order valence-electron chi connectivity index (χ1n) is 8.48. The van der Waals surface area contributed by atoms with Crippen molar-refractivity contribution in [3.63, 3.8) is 0 Å². The molecule has 2 aromatic carbocycles. The average molecular weight is 340 g/mol. The predicted molar refractivity (Wildman–Crippen MR) is 98.2 cm³/mol. The largest absolute Gasteiger partial charge is 0.504 e. The first-order chi connectivity index (χ1) is 12.0. The number of nitrogens with one attached hydrogen (secondary N) is 1. The van der Waals surface area contributed by atoms with Crippen molar-refractivity contribution >= 4 is 11.7 Å². The fraction of sp³-hybridized carbons (Fsp3) is 0.350. The van der Waals surface area contributed by atoms with Crippen molar-refractivity contribution in [1.29, 1.82) is 0 Å². The van der Waals surface area contributed by atoms with Gasteiger partial charge in [-0.25, -0.2) is 4.79 Å². The van der Waals surface area contributed by atoms with Crippen LogP contribution in [0.2, 0.25) is 0 Å². The van der Waals surface area contributed by atoms with E-state index in [0.29, 0.717) is 12.3 Å². The summed E-state index contributed by atoms with van der Waals surface area (Å²) in [5.74, 6) is 0.520. The Bertz CT molecular complexity index is 785. The van der Waals surface area contributed by atoms with Gasteiger partial charge in [0.25, 0.3) is 0 Å². The summed E-state index contributed by atoms with van der Waals surface area (Å²) in [5, 5.41) is 12.7. The molecule has 3 rings (SSSR count). The van der Waals surface area contributed by atoms with E-state index in [0.717, 1.165) is 29.7 Å². The molecule has 25 heavy (non-hydrogen) atoms. The van der Waals surface area contributed by atoms with Crippen molar-refractivity contribution in [2.24, 2.45) is 0 Å². The highest BCUT2D eigenvalue weighted by Crippen LogP contribution is 2.31. The lowest BCUT2D eigenvalue weighted by molar-refractivity contribution is 0.206. The van der Waals surface area contributed by atoms with Crippen molar-refractivity contribution < 1.29 is 14.6 Å². The fourth-order valence-electron chi connectivity index (χ4n) is 2.78. The molecule has 2 N–H and O–H groups in total. The van der Waals surface area contributed by atoms with Crippen molar-refractivity contribution in [3.05, 3.63) is 53.1 Å². The van der Waals surface area contributed by atoms with Gasteiger partial charge in [0.1, 0.15) is 0 Å². The molecule has 0 radical (unpaired) electrons. The monoisotopic (exact) mass is 340 g/mol. The van der Waals surface area contributed by atoms with E-state index in [9.17, 15) is 9.90 Å². The second-order valence-corrected chi connectivity index (χ2v) is 6.59. The maximum atomic E-state index is 12.8. The number of phenolic OH excluding ortho intramolecular Hbond substituents is 1. The van der Waals surface area contributed by atoms with E-state index in [1.165, 1.54) is 12.7 Å². The zero-order chi connectivity index (χ0) is 18.0. The Kier molecular flexibility index (Phi) is 4.83. The van der Waals surface area contributed by atoms with Crippen LogP contribution >= 0.6 is 0 Å². The molecular weight excluding hydrogens is 316 g/mol. The summed E-state index contributed by atoms with van der Waals surface area (Å²) in [6.07, 6.45) is 2.05. The van der Waals surface area contributed by atoms with Crippen molar-refractivity contribution in [2.75, 3.05) is 12.4 Å². The third kappa shape index (κ3) is 4.05. The molecule has 5 nitrogen and oxygen atoms in total. The predicted octanol–water partition coefficient (Wildman–Crippen LogP) is 4.21. The Morgan fingerprint density at radius 2 is 1.96 bits per heavy atom. The molecule has 0 heterocycles. The van der Waals surface area contributed by atoms with Crippen LogP contribution in [-0.4, -0.2) is 29.2 Å². The van der Waals surface area contributed by atoms with Crippen LogP contribution in [0.15, 0.2) is 36.4 Å². The molecule has 132 valence electrons. The highest BCUT2D eigenvalue weighted by atomic mass is 16.5. The molecule has 1 aliphatic carbocycles. The van der Waals surface area contributed by atoms with Gasteiger partial charge in [0.15, 0.2) is 11.5 Å². The zero-order valence-corrected chi connectivity index (χ0v) is 14.9. The van der Waals surface area contributed by atoms with E-state index in [2.05, 4.69) is 12.2 Å². The molecule has 1 saturated carbocycles. The van der Waals surface area contributed by atoms with E-state index >= 15 is 0 Å². The number of amides is 2. The van der Waals surface area contributed by atoms with E-state index < -0.39 is 0 Å². The van der Waals surface area contributed by atoms with Gasteiger partial charge in [-0.15, -0.1) is 0 Å². The minimum absolute atomic E-state index is 0.0993. The van der Waals surface area contributed by atoms with Gasteiger partial charge < -0.3 is 20.1 Å². The molecule has 0 unspecified atom stereocenters. The average Bonchev–Trinajstić information content (AvgIpc) is 3.42. The molecule has 2 amide bonds. The van der Waals surface area contributed by atoms with Gasteiger partial charge in [-0.2, -0.15) is 0 Å². The number of phenols is 1. The normalized spacial score (nSPS) is 13.4. The van der Waals surface area contributed by atoms with E-state index in [1.807, 2.05) is 36.1 Å². The molecule has 0 aliphatic heterocycles. The lowest BCUT2D eigenvalue weighted by Crippen LogP contribution is -2.36. The number of urea groups is 1. The highest BCUT2D eigenvalue weighted by Gasteiger charge is 2.32. The van der Waals surface area contributed by atoms with Crippen LogP contribution in [-0.2, 0) is 6.54 Å². The van der Waals surface area contributed by atoms with Crippen LogP contribution < -0.4 is 10.1 Å². The Hall–Kier alpha value is -2.69. The van der Waals surface area contributed by atoms with Crippen molar-refractivity contribution in [3.8, 4) is 11.5 Å². The number of carbonyl (C=O) groups excluding carboxylic acids is 1. The molecule has 5 heteroatoms. The van der Waals surface area contributed by atoms with E-state index in [4.69, 9.17) is 4.74 Å². The number of hydrogen-bond acceptors (Lipinski definition) is 3. The molecule has 1 aliphatic rings. The Balaban J connectivity index is 1.74.